The molecule has 1 aromatic rings. The highest BCUT2D eigenvalue weighted by Crippen LogP contribution is 2.19. The van der Waals surface area contributed by atoms with Crippen molar-refractivity contribution in [3.63, 3.8) is 0 Å². The fraction of sp³-hybridized carbons (Fsp3) is 0.789. The van der Waals surface area contributed by atoms with Gasteiger partial charge < -0.3 is 19.6 Å². The number of nitrogens with zero attached hydrogens (tertiary/aromatic N) is 5. The summed E-state index contributed by atoms with van der Waals surface area (Å²) >= 11 is 0. The highest BCUT2D eigenvalue weighted by atomic mass is 16.5. The van der Waals surface area contributed by atoms with Crippen molar-refractivity contribution in [2.45, 2.75) is 38.5 Å². The number of aliphatic hydroxyl groups excluding tert-OH is 1. The molecule has 1 fully saturated rings. The van der Waals surface area contributed by atoms with Crippen LogP contribution < -0.4 is 0 Å². The van der Waals surface area contributed by atoms with Gasteiger partial charge in [-0.25, -0.2) is 0 Å². The maximum absolute atomic E-state index is 12.7. The summed E-state index contributed by atoms with van der Waals surface area (Å²) in [4.78, 5) is 18.9. The molecule has 8 nitrogen and oxygen atoms in total. The van der Waals surface area contributed by atoms with Crippen molar-refractivity contribution in [3.8, 4) is 0 Å². The Hall–Kier alpha value is -1.48. The zero-order chi connectivity index (χ0) is 19.2. The fourth-order valence-corrected chi connectivity index (χ4v) is 3.74. The highest BCUT2D eigenvalue weighted by molar-refractivity contribution is 5.76. The van der Waals surface area contributed by atoms with Crippen molar-refractivity contribution in [3.05, 3.63) is 17.5 Å². The van der Waals surface area contributed by atoms with Gasteiger partial charge in [0, 0.05) is 39.1 Å². The van der Waals surface area contributed by atoms with E-state index in [-0.39, 0.29) is 5.91 Å². The molecular formula is C19H33N5O3. The number of aryl methyl sites for hydroxylation is 1. The lowest BCUT2D eigenvalue weighted by Gasteiger charge is -2.27. The van der Waals surface area contributed by atoms with Gasteiger partial charge in [0.05, 0.1) is 31.1 Å². The Morgan fingerprint density at radius 2 is 2.07 bits per heavy atom. The normalized spacial score (nSPS) is 19.8. The number of hydrogen-bond donors (Lipinski definition) is 1. The monoisotopic (exact) mass is 379 g/mol. The molecule has 1 saturated heterocycles. The Bertz CT molecular complexity index is 612. The van der Waals surface area contributed by atoms with E-state index in [1.54, 1.807) is 0 Å². The summed E-state index contributed by atoms with van der Waals surface area (Å²) in [6.45, 7) is 7.18. The van der Waals surface area contributed by atoms with Gasteiger partial charge in [0.1, 0.15) is 6.10 Å². The third kappa shape index (κ3) is 5.75. The summed E-state index contributed by atoms with van der Waals surface area (Å²) in [6, 6.07) is 1.95. The second kappa shape index (κ2) is 9.64. The number of amides is 1. The number of fused-ring (bicyclic) bond motifs is 1. The minimum absolute atomic E-state index is 0.216. The van der Waals surface area contributed by atoms with Crippen LogP contribution in [0.1, 0.15) is 36.8 Å². The predicted octanol–water partition coefficient (Wildman–Crippen LogP) is 0.323. The number of ether oxygens (including phenoxy) is 1. The third-order valence-corrected chi connectivity index (χ3v) is 5.23. The summed E-state index contributed by atoms with van der Waals surface area (Å²) < 4.78 is 7.32. The van der Waals surface area contributed by atoms with E-state index in [0.29, 0.717) is 25.2 Å². The number of aliphatic hydroxyl groups is 1. The first-order valence-electron chi connectivity index (χ1n) is 10.00. The molecule has 0 aliphatic carbocycles. The molecule has 27 heavy (non-hydrogen) atoms. The van der Waals surface area contributed by atoms with Crippen molar-refractivity contribution >= 4 is 5.91 Å². The number of carbonyl (C=O) groups is 1. The lowest BCUT2D eigenvalue weighted by atomic mass is 10.2. The highest BCUT2D eigenvalue weighted by Gasteiger charge is 2.23. The molecule has 1 atom stereocenters. The largest absolute Gasteiger partial charge is 0.385 e. The van der Waals surface area contributed by atoms with E-state index in [9.17, 15) is 9.90 Å². The van der Waals surface area contributed by atoms with Crippen molar-refractivity contribution < 1.29 is 14.6 Å². The van der Waals surface area contributed by atoms with Crippen LogP contribution in [0.2, 0.25) is 0 Å². The maximum atomic E-state index is 12.7. The minimum atomic E-state index is -0.600. The van der Waals surface area contributed by atoms with Crippen LogP contribution in [0.15, 0.2) is 6.07 Å². The number of hydrogen-bond acceptors (Lipinski definition) is 6. The number of carbonyl (C=O) groups excluding carboxylic acids is 1. The molecule has 1 aromatic heterocycles. The molecule has 2 aliphatic heterocycles. The summed E-state index contributed by atoms with van der Waals surface area (Å²) in [6.07, 6.45) is 1.77. The molecule has 0 saturated carbocycles. The number of aromatic nitrogens is 2. The smallest absolute Gasteiger partial charge is 0.222 e. The molecule has 1 N–H and O–H groups in total. The van der Waals surface area contributed by atoms with Gasteiger partial charge in [0.15, 0.2) is 0 Å². The van der Waals surface area contributed by atoms with Gasteiger partial charge in [-0.2, -0.15) is 5.10 Å². The molecule has 0 unspecified atom stereocenters. The molecule has 8 heteroatoms. The summed E-state index contributed by atoms with van der Waals surface area (Å²) in [5.41, 5.74) is 1.71. The topological polar surface area (TPSA) is 74.1 Å². The third-order valence-electron chi connectivity index (χ3n) is 5.23. The van der Waals surface area contributed by atoms with Gasteiger partial charge in [0.25, 0.3) is 0 Å². The molecule has 3 heterocycles. The minimum Gasteiger partial charge on any atom is -0.385 e. The maximum Gasteiger partial charge on any atom is 0.222 e. The molecular weight excluding hydrogens is 346 g/mol. The van der Waals surface area contributed by atoms with Crippen LogP contribution in [0.4, 0.5) is 0 Å². The summed E-state index contributed by atoms with van der Waals surface area (Å²) in [7, 11) is 3.86. The van der Waals surface area contributed by atoms with Crippen LogP contribution in [-0.4, -0.2) is 95.5 Å². The van der Waals surface area contributed by atoms with Crippen molar-refractivity contribution in [1.29, 1.82) is 0 Å². The second-order valence-electron chi connectivity index (χ2n) is 7.79. The first kappa shape index (κ1) is 20.3. The fourth-order valence-electron chi connectivity index (χ4n) is 3.74. The van der Waals surface area contributed by atoms with Gasteiger partial charge in [-0.1, -0.05) is 0 Å². The van der Waals surface area contributed by atoms with Crippen LogP contribution >= 0.6 is 0 Å². The first-order chi connectivity index (χ1) is 13.0. The molecule has 152 valence electrons. The molecule has 0 spiro atoms. The van der Waals surface area contributed by atoms with Gasteiger partial charge >= 0.3 is 0 Å². The zero-order valence-electron chi connectivity index (χ0n) is 16.6. The van der Waals surface area contributed by atoms with Crippen molar-refractivity contribution in [2.75, 3.05) is 60.0 Å². The second-order valence-corrected chi connectivity index (χ2v) is 7.79. The lowest BCUT2D eigenvalue weighted by molar-refractivity contribution is -0.132. The van der Waals surface area contributed by atoms with E-state index in [0.717, 1.165) is 64.5 Å². The molecule has 2 aliphatic rings. The Balaban J connectivity index is 1.52. The standard InChI is InChI=1S/C19H33N5O3/c1-21(2)15-18(25)17-13-16-14-23(7-4-8-24(16)20-17)19(26)5-3-6-22-9-11-27-12-10-22/h13,18,25H,3-12,14-15H2,1-2H3/t18-/m1/s1. The van der Waals surface area contributed by atoms with Crippen LogP contribution in [0.5, 0.6) is 0 Å². The Labute approximate surface area is 161 Å². The molecule has 1 amide bonds. The Kier molecular flexibility index (Phi) is 7.23. The SMILES string of the molecule is CN(C)C[C@@H](O)c1cc2n(n1)CCCN(C(=O)CCCN1CCOCC1)C2. The van der Waals surface area contributed by atoms with E-state index in [1.165, 1.54) is 0 Å². The Morgan fingerprint density at radius 3 is 2.81 bits per heavy atom. The number of morpholine rings is 1. The lowest BCUT2D eigenvalue weighted by Crippen LogP contribution is -2.37. The average Bonchev–Trinajstić information content (AvgIpc) is 2.94. The molecule has 0 aromatic carbocycles. The van der Waals surface area contributed by atoms with Crippen molar-refractivity contribution in [1.82, 2.24) is 24.5 Å². The predicted molar refractivity (Wildman–Crippen MR) is 102 cm³/mol. The van der Waals surface area contributed by atoms with Crippen LogP contribution in [-0.2, 0) is 22.6 Å². The van der Waals surface area contributed by atoms with E-state index in [2.05, 4.69) is 10.00 Å². The quantitative estimate of drug-likeness (QED) is 0.736. The van der Waals surface area contributed by atoms with Gasteiger partial charge in [-0.15, -0.1) is 0 Å². The van der Waals surface area contributed by atoms with Crippen LogP contribution in [0, 0.1) is 0 Å². The van der Waals surface area contributed by atoms with Crippen LogP contribution in [0.3, 0.4) is 0 Å². The Morgan fingerprint density at radius 1 is 1.30 bits per heavy atom. The van der Waals surface area contributed by atoms with Gasteiger partial charge in [-0.05, 0) is 39.5 Å². The van der Waals surface area contributed by atoms with Gasteiger partial charge in [0.2, 0.25) is 5.91 Å². The van der Waals surface area contributed by atoms with Crippen LogP contribution in [0.25, 0.3) is 0 Å². The van der Waals surface area contributed by atoms with E-state index in [4.69, 9.17) is 4.74 Å². The zero-order valence-corrected chi connectivity index (χ0v) is 16.6. The summed E-state index contributed by atoms with van der Waals surface area (Å²) in [5, 5.41) is 14.9. The van der Waals surface area contributed by atoms with E-state index >= 15 is 0 Å². The van der Waals surface area contributed by atoms with Crippen molar-refractivity contribution in [2.24, 2.45) is 0 Å². The first-order valence-corrected chi connectivity index (χ1v) is 10.00. The molecule has 3 rings (SSSR count). The van der Waals surface area contributed by atoms with E-state index < -0.39 is 6.10 Å². The average molecular weight is 380 g/mol. The summed E-state index contributed by atoms with van der Waals surface area (Å²) in [5.74, 6) is 0.216. The van der Waals surface area contributed by atoms with Gasteiger partial charge in [-0.3, -0.25) is 14.4 Å². The molecule has 0 radical (unpaired) electrons. The molecule has 0 bridgehead atoms. The van der Waals surface area contributed by atoms with E-state index in [1.807, 2.05) is 34.6 Å². The number of likely N-dealkylation sites (N-methyl/N-ethyl adjacent to an activating group) is 1. The number of rotatable bonds is 7.